The number of urea groups is 1. The van der Waals surface area contributed by atoms with Crippen molar-refractivity contribution in [1.29, 1.82) is 0 Å². The molecule has 2 aromatic carbocycles. The highest BCUT2D eigenvalue weighted by Gasteiger charge is 2.06. The SMILES string of the molecule is O=C(NCc1cccnc1)Nc1ccc(NC(=O)c2ccc(Cl)cc2)cc1. The predicted octanol–water partition coefficient (Wildman–Crippen LogP) is 4.31. The minimum absolute atomic E-state index is 0.235. The van der Waals surface area contributed by atoms with E-state index in [1.165, 1.54) is 0 Å². The van der Waals surface area contributed by atoms with Gasteiger partial charge in [-0.1, -0.05) is 17.7 Å². The molecule has 0 radical (unpaired) electrons. The molecule has 3 N–H and O–H groups in total. The molecule has 0 atom stereocenters. The number of amides is 3. The quantitative estimate of drug-likeness (QED) is 0.616. The second-order valence-corrected chi connectivity index (χ2v) is 6.14. The predicted molar refractivity (Wildman–Crippen MR) is 106 cm³/mol. The van der Waals surface area contributed by atoms with E-state index in [1.807, 2.05) is 12.1 Å². The first kappa shape index (κ1) is 18.4. The summed E-state index contributed by atoms with van der Waals surface area (Å²) in [4.78, 5) is 28.1. The Morgan fingerprint density at radius 2 is 1.56 bits per heavy atom. The zero-order chi connectivity index (χ0) is 19.1. The van der Waals surface area contributed by atoms with Crippen molar-refractivity contribution in [2.75, 3.05) is 10.6 Å². The Hall–Kier alpha value is -3.38. The number of nitrogens with zero attached hydrogens (tertiary/aromatic N) is 1. The lowest BCUT2D eigenvalue weighted by Gasteiger charge is -2.09. The van der Waals surface area contributed by atoms with Gasteiger partial charge in [-0.3, -0.25) is 9.78 Å². The summed E-state index contributed by atoms with van der Waals surface area (Å²) in [7, 11) is 0. The third-order valence-electron chi connectivity index (χ3n) is 3.68. The van der Waals surface area contributed by atoms with E-state index in [-0.39, 0.29) is 11.9 Å². The van der Waals surface area contributed by atoms with Crippen LogP contribution in [0.25, 0.3) is 0 Å². The number of hydrogen-bond donors (Lipinski definition) is 3. The zero-order valence-corrected chi connectivity index (χ0v) is 15.0. The van der Waals surface area contributed by atoms with Crippen molar-refractivity contribution in [3.63, 3.8) is 0 Å². The van der Waals surface area contributed by atoms with Crippen LogP contribution < -0.4 is 16.0 Å². The Kier molecular flexibility index (Phi) is 6.02. The van der Waals surface area contributed by atoms with Gasteiger partial charge in [-0.15, -0.1) is 0 Å². The summed E-state index contributed by atoms with van der Waals surface area (Å²) in [5.41, 5.74) is 2.66. The highest BCUT2D eigenvalue weighted by atomic mass is 35.5. The van der Waals surface area contributed by atoms with Crippen LogP contribution in [-0.2, 0) is 6.54 Å². The maximum atomic E-state index is 12.2. The standard InChI is InChI=1S/C20H17ClN4O2/c21-16-5-3-15(4-6-16)19(26)24-17-7-9-18(10-8-17)25-20(27)23-13-14-2-1-11-22-12-14/h1-12H,13H2,(H,24,26)(H2,23,25,27). The van der Waals surface area contributed by atoms with Gasteiger partial charge in [-0.2, -0.15) is 0 Å². The molecule has 0 aliphatic heterocycles. The van der Waals surface area contributed by atoms with Crippen LogP contribution >= 0.6 is 11.6 Å². The third kappa shape index (κ3) is 5.55. The molecule has 27 heavy (non-hydrogen) atoms. The zero-order valence-electron chi connectivity index (χ0n) is 14.3. The summed E-state index contributed by atoms with van der Waals surface area (Å²) in [6.07, 6.45) is 3.37. The molecule has 0 saturated heterocycles. The van der Waals surface area contributed by atoms with Crippen LogP contribution in [0.4, 0.5) is 16.2 Å². The molecule has 1 aromatic heterocycles. The Balaban J connectivity index is 1.51. The minimum atomic E-state index is -0.322. The van der Waals surface area contributed by atoms with Crippen LogP contribution in [0.5, 0.6) is 0 Å². The van der Waals surface area contributed by atoms with Crippen molar-refractivity contribution in [3.8, 4) is 0 Å². The number of rotatable bonds is 5. The summed E-state index contributed by atoms with van der Waals surface area (Å²) in [5, 5.41) is 8.84. The molecule has 3 aromatic rings. The molecule has 0 unspecified atom stereocenters. The fraction of sp³-hybridized carbons (Fsp3) is 0.0500. The number of hydrogen-bond acceptors (Lipinski definition) is 3. The highest BCUT2D eigenvalue weighted by Crippen LogP contribution is 2.16. The van der Waals surface area contributed by atoms with E-state index in [9.17, 15) is 9.59 Å². The van der Waals surface area contributed by atoms with Gasteiger partial charge < -0.3 is 16.0 Å². The first-order valence-corrected chi connectivity index (χ1v) is 8.59. The molecule has 0 fully saturated rings. The first-order chi connectivity index (χ1) is 13.1. The van der Waals surface area contributed by atoms with E-state index < -0.39 is 0 Å². The molecule has 0 aliphatic rings. The number of pyridine rings is 1. The van der Waals surface area contributed by atoms with Gasteiger partial charge in [0, 0.05) is 40.9 Å². The number of aromatic nitrogens is 1. The number of carbonyl (C=O) groups excluding carboxylic acids is 2. The molecular formula is C20H17ClN4O2. The van der Waals surface area contributed by atoms with Crippen LogP contribution in [0.3, 0.4) is 0 Å². The van der Waals surface area contributed by atoms with E-state index in [0.717, 1.165) is 5.56 Å². The Bertz CT molecular complexity index is 913. The molecule has 0 bridgehead atoms. The fourth-order valence-corrected chi connectivity index (χ4v) is 2.43. The summed E-state index contributed by atoms with van der Waals surface area (Å²) < 4.78 is 0. The van der Waals surface area contributed by atoms with Crippen LogP contribution in [0, 0.1) is 0 Å². The van der Waals surface area contributed by atoms with E-state index in [1.54, 1.807) is 60.9 Å². The normalized spacial score (nSPS) is 10.1. The van der Waals surface area contributed by atoms with E-state index >= 15 is 0 Å². The lowest BCUT2D eigenvalue weighted by Crippen LogP contribution is -2.28. The largest absolute Gasteiger partial charge is 0.334 e. The van der Waals surface area contributed by atoms with Gasteiger partial charge in [0.15, 0.2) is 0 Å². The van der Waals surface area contributed by atoms with Gasteiger partial charge in [-0.05, 0) is 60.2 Å². The average Bonchev–Trinajstić information content (AvgIpc) is 2.69. The van der Waals surface area contributed by atoms with Gasteiger partial charge >= 0.3 is 6.03 Å². The van der Waals surface area contributed by atoms with E-state index in [4.69, 9.17) is 11.6 Å². The third-order valence-corrected chi connectivity index (χ3v) is 3.93. The summed E-state index contributed by atoms with van der Waals surface area (Å²) in [6, 6.07) is 16.8. The molecule has 0 saturated carbocycles. The molecule has 3 rings (SSSR count). The highest BCUT2D eigenvalue weighted by molar-refractivity contribution is 6.30. The molecule has 7 heteroatoms. The second-order valence-electron chi connectivity index (χ2n) is 5.71. The maximum Gasteiger partial charge on any atom is 0.319 e. The number of anilines is 2. The van der Waals surface area contributed by atoms with Crippen molar-refractivity contribution in [1.82, 2.24) is 10.3 Å². The molecular weight excluding hydrogens is 364 g/mol. The van der Waals surface area contributed by atoms with Crippen molar-refractivity contribution in [2.45, 2.75) is 6.54 Å². The lowest BCUT2D eigenvalue weighted by molar-refractivity contribution is 0.102. The van der Waals surface area contributed by atoms with Gasteiger partial charge in [-0.25, -0.2) is 4.79 Å². The molecule has 3 amide bonds. The van der Waals surface area contributed by atoms with E-state index in [2.05, 4.69) is 20.9 Å². The smallest absolute Gasteiger partial charge is 0.319 e. The van der Waals surface area contributed by atoms with Crippen molar-refractivity contribution >= 4 is 34.9 Å². The van der Waals surface area contributed by atoms with Gasteiger partial charge in [0.1, 0.15) is 0 Å². The Morgan fingerprint density at radius 1 is 0.889 bits per heavy atom. The van der Waals surface area contributed by atoms with Gasteiger partial charge in [0.05, 0.1) is 0 Å². The number of halogens is 1. The van der Waals surface area contributed by atoms with Crippen LogP contribution in [-0.4, -0.2) is 16.9 Å². The fourth-order valence-electron chi connectivity index (χ4n) is 2.30. The van der Waals surface area contributed by atoms with Gasteiger partial charge in [0.25, 0.3) is 5.91 Å². The first-order valence-electron chi connectivity index (χ1n) is 8.21. The second kappa shape index (κ2) is 8.82. The average molecular weight is 381 g/mol. The van der Waals surface area contributed by atoms with Crippen molar-refractivity contribution in [2.24, 2.45) is 0 Å². The van der Waals surface area contributed by atoms with Crippen LogP contribution in [0.15, 0.2) is 73.1 Å². The number of carbonyl (C=O) groups is 2. The molecule has 0 spiro atoms. The molecule has 6 nitrogen and oxygen atoms in total. The minimum Gasteiger partial charge on any atom is -0.334 e. The van der Waals surface area contributed by atoms with Crippen molar-refractivity contribution < 1.29 is 9.59 Å². The summed E-state index contributed by atoms with van der Waals surface area (Å²) in [5.74, 6) is -0.235. The van der Waals surface area contributed by atoms with Crippen LogP contribution in [0.2, 0.25) is 5.02 Å². The van der Waals surface area contributed by atoms with Crippen LogP contribution in [0.1, 0.15) is 15.9 Å². The van der Waals surface area contributed by atoms with Crippen molar-refractivity contribution in [3.05, 3.63) is 89.2 Å². The molecule has 136 valence electrons. The van der Waals surface area contributed by atoms with E-state index in [0.29, 0.717) is 28.5 Å². The van der Waals surface area contributed by atoms with Gasteiger partial charge in [0.2, 0.25) is 0 Å². The lowest BCUT2D eigenvalue weighted by atomic mass is 10.2. The Labute approximate surface area is 161 Å². The maximum absolute atomic E-state index is 12.2. The Morgan fingerprint density at radius 3 is 2.19 bits per heavy atom. The number of benzene rings is 2. The molecule has 1 heterocycles. The summed E-state index contributed by atoms with van der Waals surface area (Å²) >= 11 is 5.82. The number of nitrogens with one attached hydrogen (secondary N) is 3. The topological polar surface area (TPSA) is 83.1 Å². The monoisotopic (exact) mass is 380 g/mol. The molecule has 0 aliphatic carbocycles. The summed E-state index contributed by atoms with van der Waals surface area (Å²) in [6.45, 7) is 0.384.